The van der Waals surface area contributed by atoms with Gasteiger partial charge in [-0.15, -0.1) is 0 Å². The Hall–Kier alpha value is -3.13. The Morgan fingerprint density at radius 1 is 1.28 bits per heavy atom. The van der Waals surface area contributed by atoms with E-state index in [2.05, 4.69) is 26.2 Å². The molecule has 2 aromatic carbocycles. The number of rotatable bonds is 3. The molecule has 8 heteroatoms. The average molecular weight is 454 g/mol. The summed E-state index contributed by atoms with van der Waals surface area (Å²) in [5.74, 6) is 0.481. The molecule has 7 nitrogen and oxygen atoms in total. The van der Waals surface area contributed by atoms with E-state index < -0.39 is 0 Å². The number of para-hydroxylation sites is 1. The molecule has 1 atom stereocenters. The molecule has 4 aromatic rings. The fourth-order valence-electron chi connectivity index (χ4n) is 3.64. The van der Waals surface area contributed by atoms with Gasteiger partial charge in [0.05, 0.1) is 19.0 Å². The third-order valence-electron chi connectivity index (χ3n) is 5.01. The fraction of sp³-hybridized carbons (Fsp3) is 0.190. The summed E-state index contributed by atoms with van der Waals surface area (Å²) in [5.41, 5.74) is 1.79. The first-order valence-electron chi connectivity index (χ1n) is 9.18. The zero-order chi connectivity index (χ0) is 20.0. The molecular formula is C21H16BrN3O4. The van der Waals surface area contributed by atoms with Gasteiger partial charge in [0.15, 0.2) is 0 Å². The number of carbonyl (C=O) groups is 1. The van der Waals surface area contributed by atoms with Crippen LogP contribution < -0.4 is 15.6 Å². The van der Waals surface area contributed by atoms with Gasteiger partial charge in [0.25, 0.3) is 5.56 Å². The Kier molecular flexibility index (Phi) is 4.35. The molecule has 146 valence electrons. The van der Waals surface area contributed by atoms with Gasteiger partial charge in [0, 0.05) is 21.8 Å². The van der Waals surface area contributed by atoms with Crippen molar-refractivity contribution in [2.45, 2.75) is 19.0 Å². The van der Waals surface area contributed by atoms with E-state index in [1.54, 1.807) is 6.07 Å². The molecule has 0 radical (unpaired) electrons. The van der Waals surface area contributed by atoms with Crippen LogP contribution in [-0.4, -0.2) is 22.1 Å². The molecule has 1 aliphatic heterocycles. The maximum Gasteiger partial charge on any atom is 0.297 e. The summed E-state index contributed by atoms with van der Waals surface area (Å²) >= 11 is 3.45. The van der Waals surface area contributed by atoms with Crippen LogP contribution in [-0.2, 0) is 11.3 Å². The van der Waals surface area contributed by atoms with Crippen molar-refractivity contribution in [3.8, 4) is 5.75 Å². The number of amides is 1. The molecule has 1 amide bonds. The number of fused-ring (bicyclic) bond motifs is 4. The molecule has 5 rings (SSSR count). The Morgan fingerprint density at radius 3 is 3.03 bits per heavy atom. The summed E-state index contributed by atoms with van der Waals surface area (Å²) < 4.78 is 13.5. The van der Waals surface area contributed by atoms with Crippen LogP contribution in [0.1, 0.15) is 18.0 Å². The molecule has 2 aromatic heterocycles. The Morgan fingerprint density at radius 2 is 2.14 bits per heavy atom. The van der Waals surface area contributed by atoms with Gasteiger partial charge < -0.3 is 14.5 Å². The van der Waals surface area contributed by atoms with Crippen molar-refractivity contribution in [3.05, 3.63) is 69.2 Å². The average Bonchev–Trinajstić information content (AvgIpc) is 3.10. The standard InChI is InChI=1S/C21H16BrN3O4/c22-12-5-6-16-14(9-12)15(7-8-28-16)24-18(26)10-25-11-23-19-13-3-1-2-4-17(13)29-20(19)21(25)27/h1-6,9,11,15H,7-8,10H2,(H,24,26). The molecule has 3 heterocycles. The summed E-state index contributed by atoms with van der Waals surface area (Å²) in [6.07, 6.45) is 2.05. The van der Waals surface area contributed by atoms with Gasteiger partial charge in [-0.1, -0.05) is 28.1 Å². The minimum atomic E-state index is -0.378. The minimum absolute atomic E-state index is 0.139. The number of benzene rings is 2. The van der Waals surface area contributed by atoms with Crippen molar-refractivity contribution in [1.29, 1.82) is 0 Å². The number of hydrogen-bond donors (Lipinski definition) is 1. The van der Waals surface area contributed by atoms with Crippen molar-refractivity contribution in [2.24, 2.45) is 0 Å². The van der Waals surface area contributed by atoms with E-state index >= 15 is 0 Å². The molecule has 0 aliphatic carbocycles. The van der Waals surface area contributed by atoms with E-state index in [1.807, 2.05) is 36.4 Å². The molecular weight excluding hydrogens is 438 g/mol. The predicted molar refractivity (Wildman–Crippen MR) is 111 cm³/mol. The SMILES string of the molecule is O=C(Cn1cnc2c(oc3ccccc32)c1=O)NC1CCOc2ccc(Br)cc21. The lowest BCUT2D eigenvalue weighted by molar-refractivity contribution is -0.122. The number of halogens is 1. The Balaban J connectivity index is 1.41. The van der Waals surface area contributed by atoms with Crippen LogP contribution in [0.3, 0.4) is 0 Å². The third-order valence-corrected chi connectivity index (χ3v) is 5.50. The molecule has 1 unspecified atom stereocenters. The van der Waals surface area contributed by atoms with E-state index in [0.717, 1.165) is 21.2 Å². The Labute approximate surface area is 173 Å². The van der Waals surface area contributed by atoms with Crippen molar-refractivity contribution in [3.63, 3.8) is 0 Å². The number of furan rings is 1. The van der Waals surface area contributed by atoms with E-state index in [0.29, 0.717) is 24.1 Å². The van der Waals surface area contributed by atoms with Crippen LogP contribution in [0.4, 0.5) is 0 Å². The first kappa shape index (κ1) is 17.9. The molecule has 0 saturated heterocycles. The number of hydrogen-bond acceptors (Lipinski definition) is 5. The maximum atomic E-state index is 12.8. The fourth-order valence-corrected chi connectivity index (χ4v) is 4.02. The Bertz CT molecular complexity index is 1310. The molecule has 1 aliphatic rings. The van der Waals surface area contributed by atoms with Crippen molar-refractivity contribution in [2.75, 3.05) is 6.61 Å². The number of nitrogens with one attached hydrogen (secondary N) is 1. The van der Waals surface area contributed by atoms with Crippen molar-refractivity contribution < 1.29 is 13.9 Å². The molecule has 1 N–H and O–H groups in total. The first-order chi connectivity index (χ1) is 14.1. The molecule has 29 heavy (non-hydrogen) atoms. The molecule has 0 saturated carbocycles. The van der Waals surface area contributed by atoms with E-state index in [-0.39, 0.29) is 29.6 Å². The van der Waals surface area contributed by atoms with Gasteiger partial charge >= 0.3 is 0 Å². The maximum absolute atomic E-state index is 12.8. The number of aromatic nitrogens is 2. The van der Waals surface area contributed by atoms with E-state index in [1.165, 1.54) is 10.9 Å². The van der Waals surface area contributed by atoms with Crippen molar-refractivity contribution in [1.82, 2.24) is 14.9 Å². The second kappa shape index (κ2) is 7.04. The summed E-state index contributed by atoms with van der Waals surface area (Å²) in [5, 5.41) is 3.77. The second-order valence-electron chi connectivity index (χ2n) is 6.89. The lowest BCUT2D eigenvalue weighted by Gasteiger charge is -2.27. The van der Waals surface area contributed by atoms with Crippen LogP contribution in [0.15, 0.2) is 62.5 Å². The number of nitrogens with zero attached hydrogens (tertiary/aromatic N) is 2. The molecule has 0 spiro atoms. The highest BCUT2D eigenvalue weighted by Crippen LogP contribution is 2.34. The predicted octanol–water partition coefficient (Wildman–Crippen LogP) is 3.55. The monoisotopic (exact) mass is 453 g/mol. The van der Waals surface area contributed by atoms with Crippen LogP contribution in [0.2, 0.25) is 0 Å². The summed E-state index contributed by atoms with van der Waals surface area (Å²) in [7, 11) is 0. The van der Waals surface area contributed by atoms with Crippen LogP contribution >= 0.6 is 15.9 Å². The minimum Gasteiger partial charge on any atom is -0.493 e. The second-order valence-corrected chi connectivity index (χ2v) is 7.81. The molecule has 0 bridgehead atoms. The van der Waals surface area contributed by atoms with Gasteiger partial charge in [-0.25, -0.2) is 4.98 Å². The van der Waals surface area contributed by atoms with Gasteiger partial charge in [0.1, 0.15) is 23.4 Å². The van der Waals surface area contributed by atoms with Gasteiger partial charge in [0.2, 0.25) is 11.5 Å². The molecule has 0 fully saturated rings. The van der Waals surface area contributed by atoms with Gasteiger partial charge in [-0.3, -0.25) is 14.2 Å². The number of ether oxygens (including phenoxy) is 1. The third kappa shape index (κ3) is 3.19. The quantitative estimate of drug-likeness (QED) is 0.512. The van der Waals surface area contributed by atoms with Crippen molar-refractivity contribution >= 4 is 43.9 Å². The van der Waals surface area contributed by atoms with E-state index in [4.69, 9.17) is 9.15 Å². The highest BCUT2D eigenvalue weighted by atomic mass is 79.9. The smallest absolute Gasteiger partial charge is 0.297 e. The number of carbonyl (C=O) groups excluding carboxylic acids is 1. The normalized spacial score (nSPS) is 15.8. The zero-order valence-electron chi connectivity index (χ0n) is 15.2. The summed E-state index contributed by atoms with van der Waals surface area (Å²) in [6, 6.07) is 12.9. The zero-order valence-corrected chi connectivity index (χ0v) is 16.8. The largest absolute Gasteiger partial charge is 0.493 e. The van der Waals surface area contributed by atoms with Gasteiger partial charge in [-0.2, -0.15) is 0 Å². The highest BCUT2D eigenvalue weighted by Gasteiger charge is 2.24. The highest BCUT2D eigenvalue weighted by molar-refractivity contribution is 9.10. The summed E-state index contributed by atoms with van der Waals surface area (Å²) in [4.78, 5) is 29.8. The lowest BCUT2D eigenvalue weighted by Crippen LogP contribution is -2.36. The van der Waals surface area contributed by atoms with Crippen LogP contribution in [0.25, 0.3) is 22.1 Å². The lowest BCUT2D eigenvalue weighted by atomic mass is 10.0. The topological polar surface area (TPSA) is 86.4 Å². The summed E-state index contributed by atoms with van der Waals surface area (Å²) in [6.45, 7) is 0.380. The van der Waals surface area contributed by atoms with Gasteiger partial charge in [-0.05, 0) is 30.3 Å². The van der Waals surface area contributed by atoms with Crippen LogP contribution in [0, 0.1) is 0 Å². The van der Waals surface area contributed by atoms with E-state index in [9.17, 15) is 9.59 Å². The first-order valence-corrected chi connectivity index (χ1v) is 9.98. The van der Waals surface area contributed by atoms with Crippen LogP contribution in [0.5, 0.6) is 5.75 Å².